The van der Waals surface area contributed by atoms with Gasteiger partial charge in [-0.2, -0.15) is 13.2 Å². The van der Waals surface area contributed by atoms with E-state index in [-0.39, 0.29) is 0 Å². The molecular weight excluding hydrogens is 349 g/mol. The lowest BCUT2D eigenvalue weighted by Crippen LogP contribution is -2.12. The fourth-order valence-corrected chi connectivity index (χ4v) is 3.47. The first kappa shape index (κ1) is 17.2. The Morgan fingerprint density at radius 1 is 1.12 bits per heavy atom. The quantitative estimate of drug-likeness (QED) is 0.720. The molecule has 0 radical (unpaired) electrons. The van der Waals surface area contributed by atoms with Crippen LogP contribution in [0.25, 0.3) is 21.7 Å². The van der Waals surface area contributed by atoms with Crippen molar-refractivity contribution >= 4 is 17.2 Å². The minimum Gasteiger partial charge on any atom is -0.366 e. The van der Waals surface area contributed by atoms with Crippen LogP contribution in [0.4, 0.5) is 13.2 Å². The summed E-state index contributed by atoms with van der Waals surface area (Å²) in [6.07, 6.45) is -4.46. The maximum absolute atomic E-state index is 12.7. The Bertz CT molecular complexity index is 947. The molecule has 7 heteroatoms. The Morgan fingerprint density at radius 2 is 1.84 bits per heavy atom. The maximum Gasteiger partial charge on any atom is 0.434 e. The number of halogens is 3. The second kappa shape index (κ2) is 6.33. The molecule has 0 bridgehead atoms. The number of aromatic nitrogens is 1. The van der Waals surface area contributed by atoms with E-state index >= 15 is 0 Å². The Morgan fingerprint density at radius 3 is 2.44 bits per heavy atom. The van der Waals surface area contributed by atoms with Gasteiger partial charge in [-0.3, -0.25) is 4.79 Å². The number of nitrogens with two attached hydrogens (primary N) is 1. The van der Waals surface area contributed by atoms with Crippen LogP contribution >= 0.6 is 11.3 Å². The number of carbonyl (C=O) groups excluding carboxylic acids is 1. The molecule has 0 atom stereocenters. The number of rotatable bonds is 3. The predicted octanol–water partition coefficient (Wildman–Crippen LogP) is 4.90. The summed E-state index contributed by atoms with van der Waals surface area (Å²) in [5, 5.41) is 1.31. The monoisotopic (exact) mass is 362 g/mol. The highest BCUT2D eigenvalue weighted by atomic mass is 32.1. The Hall–Kier alpha value is -2.67. The molecule has 2 N–H and O–H groups in total. The van der Waals surface area contributed by atoms with E-state index in [1.807, 2.05) is 6.07 Å². The summed E-state index contributed by atoms with van der Waals surface area (Å²) in [7, 11) is 0. The molecule has 0 aliphatic heterocycles. The van der Waals surface area contributed by atoms with E-state index in [1.165, 1.54) is 0 Å². The van der Waals surface area contributed by atoms with E-state index in [2.05, 4.69) is 4.98 Å². The van der Waals surface area contributed by atoms with E-state index in [0.717, 1.165) is 27.8 Å². The third-order valence-corrected chi connectivity index (χ3v) is 4.63. The fraction of sp³-hybridized carbons (Fsp3) is 0.111. The van der Waals surface area contributed by atoms with Gasteiger partial charge in [-0.15, -0.1) is 11.3 Å². The first-order chi connectivity index (χ1) is 11.8. The van der Waals surface area contributed by atoms with Crippen molar-refractivity contribution in [3.05, 3.63) is 64.7 Å². The van der Waals surface area contributed by atoms with Crippen molar-refractivity contribution in [1.29, 1.82) is 0 Å². The molecule has 128 valence electrons. The highest BCUT2D eigenvalue weighted by Gasteiger charge is 2.33. The normalized spacial score (nSPS) is 11.5. The van der Waals surface area contributed by atoms with Crippen molar-refractivity contribution in [1.82, 2.24) is 4.98 Å². The summed E-state index contributed by atoms with van der Waals surface area (Å²) in [5.74, 6) is -0.535. The third kappa shape index (κ3) is 3.41. The minimum absolute atomic E-state index is 0.305. The number of nitrogens with zero attached hydrogens (tertiary/aromatic N) is 1. The summed E-state index contributed by atoms with van der Waals surface area (Å²) in [5.41, 5.74) is 7.74. The lowest BCUT2D eigenvalue weighted by Gasteiger charge is -2.10. The maximum atomic E-state index is 12.7. The zero-order valence-corrected chi connectivity index (χ0v) is 13.9. The van der Waals surface area contributed by atoms with Gasteiger partial charge in [0.25, 0.3) is 0 Å². The topological polar surface area (TPSA) is 56.0 Å². The number of primary amides is 1. The van der Waals surface area contributed by atoms with Gasteiger partial charge in [-0.1, -0.05) is 36.4 Å². The van der Waals surface area contributed by atoms with Crippen LogP contribution in [0.1, 0.15) is 21.6 Å². The molecule has 3 aromatic rings. The third-order valence-electron chi connectivity index (χ3n) is 3.75. The first-order valence-electron chi connectivity index (χ1n) is 7.30. The van der Waals surface area contributed by atoms with Crippen LogP contribution in [0.5, 0.6) is 0 Å². The van der Waals surface area contributed by atoms with Gasteiger partial charge in [0.15, 0.2) is 5.69 Å². The number of hydrogen-bond acceptors (Lipinski definition) is 3. The van der Waals surface area contributed by atoms with Crippen LogP contribution in [-0.4, -0.2) is 10.9 Å². The number of carbonyl (C=O) groups is 1. The smallest absolute Gasteiger partial charge is 0.366 e. The number of benzene rings is 2. The van der Waals surface area contributed by atoms with Gasteiger partial charge in [-0.25, -0.2) is 4.98 Å². The van der Waals surface area contributed by atoms with Crippen molar-refractivity contribution in [3.8, 4) is 21.7 Å². The minimum atomic E-state index is -4.46. The molecule has 0 aliphatic carbocycles. The van der Waals surface area contributed by atoms with E-state index in [9.17, 15) is 18.0 Å². The van der Waals surface area contributed by atoms with Gasteiger partial charge in [-0.05, 0) is 29.7 Å². The molecule has 3 rings (SSSR count). The van der Waals surface area contributed by atoms with Crippen molar-refractivity contribution in [2.75, 3.05) is 0 Å². The second-order valence-electron chi connectivity index (χ2n) is 5.48. The first-order valence-corrected chi connectivity index (χ1v) is 8.18. The average molecular weight is 362 g/mol. The molecule has 1 amide bonds. The van der Waals surface area contributed by atoms with Gasteiger partial charge in [0.05, 0.1) is 0 Å². The molecule has 25 heavy (non-hydrogen) atoms. The Balaban J connectivity index is 2.03. The fourth-order valence-electron chi connectivity index (χ4n) is 2.55. The Kier molecular flexibility index (Phi) is 4.34. The molecule has 0 spiro atoms. The lowest BCUT2D eigenvalue weighted by atomic mass is 9.96. The van der Waals surface area contributed by atoms with Crippen LogP contribution < -0.4 is 5.73 Å². The number of hydrogen-bond donors (Lipinski definition) is 1. The van der Waals surface area contributed by atoms with E-state index in [1.54, 1.807) is 43.3 Å². The zero-order valence-electron chi connectivity index (χ0n) is 13.1. The van der Waals surface area contributed by atoms with Gasteiger partial charge < -0.3 is 5.73 Å². The van der Waals surface area contributed by atoms with E-state index in [4.69, 9.17) is 5.73 Å². The molecule has 2 aromatic carbocycles. The molecule has 1 aromatic heterocycles. The summed E-state index contributed by atoms with van der Waals surface area (Å²) < 4.78 is 38.2. The largest absolute Gasteiger partial charge is 0.434 e. The van der Waals surface area contributed by atoms with Gasteiger partial charge in [0.1, 0.15) is 5.01 Å². The molecule has 0 saturated carbocycles. The van der Waals surface area contributed by atoms with Crippen molar-refractivity contribution in [3.63, 3.8) is 0 Å². The molecule has 0 aliphatic rings. The van der Waals surface area contributed by atoms with E-state index in [0.29, 0.717) is 21.7 Å². The number of aryl methyl sites for hydroxylation is 1. The van der Waals surface area contributed by atoms with Crippen LogP contribution in [0, 0.1) is 6.92 Å². The van der Waals surface area contributed by atoms with Crippen LogP contribution in [0.3, 0.4) is 0 Å². The van der Waals surface area contributed by atoms with Crippen molar-refractivity contribution < 1.29 is 18.0 Å². The van der Waals surface area contributed by atoms with Crippen molar-refractivity contribution in [2.24, 2.45) is 5.73 Å². The van der Waals surface area contributed by atoms with E-state index < -0.39 is 17.8 Å². The second-order valence-corrected chi connectivity index (χ2v) is 6.33. The Labute approximate surface area is 145 Å². The summed E-state index contributed by atoms with van der Waals surface area (Å²) in [4.78, 5) is 15.3. The van der Waals surface area contributed by atoms with Crippen molar-refractivity contribution in [2.45, 2.75) is 13.1 Å². The number of amides is 1. The van der Waals surface area contributed by atoms with Crippen LogP contribution in [0.2, 0.25) is 0 Å². The summed E-state index contributed by atoms with van der Waals surface area (Å²) in [6, 6.07) is 12.2. The SMILES string of the molecule is Cc1cc(-c2ccccc2C(N)=O)ccc1-c1nc(C(F)(F)F)cs1. The zero-order chi connectivity index (χ0) is 18.2. The highest BCUT2D eigenvalue weighted by molar-refractivity contribution is 7.13. The highest BCUT2D eigenvalue weighted by Crippen LogP contribution is 2.36. The predicted molar refractivity (Wildman–Crippen MR) is 91.2 cm³/mol. The van der Waals surface area contributed by atoms with Crippen LogP contribution in [-0.2, 0) is 6.18 Å². The lowest BCUT2D eigenvalue weighted by molar-refractivity contribution is -0.140. The summed E-state index contributed by atoms with van der Waals surface area (Å²) >= 11 is 0.948. The molecule has 0 fully saturated rings. The molecule has 0 unspecified atom stereocenters. The number of alkyl halides is 3. The number of thiazole rings is 1. The molecular formula is C18H13F3N2OS. The van der Waals surface area contributed by atoms with Gasteiger partial charge in [0.2, 0.25) is 5.91 Å². The molecule has 1 heterocycles. The van der Waals surface area contributed by atoms with Gasteiger partial charge >= 0.3 is 6.18 Å². The molecule has 0 saturated heterocycles. The van der Waals surface area contributed by atoms with Gasteiger partial charge in [0, 0.05) is 16.5 Å². The van der Waals surface area contributed by atoms with Crippen LogP contribution in [0.15, 0.2) is 47.8 Å². The molecule has 3 nitrogen and oxygen atoms in total. The summed E-state index contributed by atoms with van der Waals surface area (Å²) in [6.45, 7) is 1.79. The average Bonchev–Trinajstić information content (AvgIpc) is 3.04. The standard InChI is InChI=1S/C18H13F3N2OS/c1-10-8-11(13-4-2-3-5-14(13)16(22)24)6-7-12(10)17-23-15(9-25-17)18(19,20)21/h2-9H,1H3,(H2,22,24).